The summed E-state index contributed by atoms with van der Waals surface area (Å²) in [5, 5.41) is 25.7. The molecule has 2 aliphatic carbocycles. The van der Waals surface area contributed by atoms with Gasteiger partial charge in [-0.2, -0.15) is 4.98 Å². The van der Waals surface area contributed by atoms with Gasteiger partial charge in [-0.05, 0) is 123 Å². The third kappa shape index (κ3) is 12.0. The van der Waals surface area contributed by atoms with Crippen LogP contribution in [0.4, 0.5) is 26.0 Å². The highest BCUT2D eigenvalue weighted by atomic mass is 32.2. The van der Waals surface area contributed by atoms with Crippen molar-refractivity contribution in [1.29, 1.82) is 0 Å². The van der Waals surface area contributed by atoms with Crippen LogP contribution in [0.5, 0.6) is 23.1 Å². The molecule has 1 atom stereocenters. The molecule has 79 heavy (non-hydrogen) atoms. The number of H-pyrrole nitrogens is 1. The number of aromatic nitrogens is 3. The first-order valence-corrected chi connectivity index (χ1v) is 28.7. The number of nitro groups is 1. The highest BCUT2D eigenvalue weighted by Gasteiger charge is 2.50. The number of hydrogen-bond donors (Lipinski definition) is 4. The van der Waals surface area contributed by atoms with Crippen LogP contribution in [0.2, 0.25) is 0 Å². The van der Waals surface area contributed by atoms with E-state index in [1.807, 2.05) is 6.07 Å². The van der Waals surface area contributed by atoms with Crippen LogP contribution in [-0.2, 0) is 16.6 Å². The minimum atomic E-state index is -4.76. The molecule has 0 unspecified atom stereocenters. The van der Waals surface area contributed by atoms with E-state index in [-0.39, 0.29) is 75.3 Å². The number of pyridine rings is 2. The number of sulfonamides is 1. The number of fused-ring (bicyclic) bond motifs is 1. The zero-order valence-electron chi connectivity index (χ0n) is 45.3. The van der Waals surface area contributed by atoms with Gasteiger partial charge in [-0.3, -0.25) is 24.7 Å². The average molecular weight is 1110 g/mol. The molecule has 1 spiro atoms. The Kier molecular flexibility index (Phi) is 15.9. The predicted octanol–water partition coefficient (Wildman–Crippen LogP) is 10.2. The van der Waals surface area contributed by atoms with Crippen LogP contribution in [0.1, 0.15) is 118 Å². The van der Waals surface area contributed by atoms with Gasteiger partial charge in [0.25, 0.3) is 21.8 Å². The number of amides is 1. The number of methoxy groups -OCH3 is 1. The van der Waals surface area contributed by atoms with Gasteiger partial charge in [0.05, 0.1) is 41.4 Å². The summed E-state index contributed by atoms with van der Waals surface area (Å²) in [6, 6.07) is 21.6. The van der Waals surface area contributed by atoms with Crippen LogP contribution >= 0.6 is 0 Å². The van der Waals surface area contributed by atoms with Crippen LogP contribution < -0.4 is 29.1 Å². The third-order valence-corrected chi connectivity index (χ3v) is 18.0. The van der Waals surface area contributed by atoms with E-state index in [2.05, 4.69) is 77.8 Å². The van der Waals surface area contributed by atoms with Crippen LogP contribution in [-0.4, -0.2) is 114 Å². The van der Waals surface area contributed by atoms with Gasteiger partial charge in [0.1, 0.15) is 22.1 Å². The Morgan fingerprint density at radius 1 is 0.962 bits per heavy atom. The molecule has 6 aromatic rings. The highest BCUT2D eigenvalue weighted by Crippen LogP contribution is 2.54. The molecule has 2 saturated carbocycles. The zero-order valence-corrected chi connectivity index (χ0v) is 46.1. The minimum absolute atomic E-state index is 0.00658. The second-order valence-corrected chi connectivity index (χ2v) is 24.1. The van der Waals surface area contributed by atoms with Gasteiger partial charge in [-0.15, -0.1) is 0 Å². The van der Waals surface area contributed by atoms with Gasteiger partial charge in [-0.1, -0.05) is 44.2 Å². The van der Waals surface area contributed by atoms with Crippen molar-refractivity contribution in [2.75, 3.05) is 63.2 Å². The number of aromatic amines is 1. The topological polar surface area (TPSA) is 218 Å². The summed E-state index contributed by atoms with van der Waals surface area (Å²) in [5.74, 6) is -1.57. The maximum absolute atomic E-state index is 15.0. The summed E-state index contributed by atoms with van der Waals surface area (Å²) < 4.78 is 77.1. The largest absolute Gasteiger partial charge is 0.494 e. The Balaban J connectivity index is 0.863. The van der Waals surface area contributed by atoms with E-state index in [9.17, 15) is 32.8 Å². The van der Waals surface area contributed by atoms with Gasteiger partial charge in [0.2, 0.25) is 5.82 Å². The van der Waals surface area contributed by atoms with Gasteiger partial charge in [0.15, 0.2) is 17.3 Å². The molecule has 3 aromatic carbocycles. The molecule has 4 fully saturated rings. The van der Waals surface area contributed by atoms with Gasteiger partial charge in [0, 0.05) is 88.0 Å². The number of nitrogens with zero attached hydrogens (tertiary/aromatic N) is 6. The Morgan fingerprint density at radius 2 is 1.72 bits per heavy atom. The maximum atomic E-state index is 15.0. The standard InChI is InChI=1S/C58H69F2N9O9S/c1-6-77-56-52(28-45-47(60)33-63-53(45)64-56)78-51-26-39(12-13-44(51)55(70)65-79(74,75)41-27-48(69(72)73)54(62-32-41)61-31-37-15-17-57(4,71)18-16-37)67-21-19-58(20-22-67)29-40(30-58)68-24-23-66(34-38-11-14-50(76-5)46(59)25-38)35-49(68)43-10-8-7-9-42(43)36(2)3/h7-14,25-28,32-33,36-37,40,49,71H,6,15-24,29-31,34-35H2,1-5H3,(H,61,62)(H,63,64)(H,65,70)/t37?,49-,57?/m0/s1. The van der Waals surface area contributed by atoms with Crippen molar-refractivity contribution in [1.82, 2.24) is 29.5 Å². The second kappa shape index (κ2) is 22.7. The van der Waals surface area contributed by atoms with E-state index in [0.29, 0.717) is 69.5 Å². The molecular formula is C58H69F2N9O9S. The first kappa shape index (κ1) is 55.4. The van der Waals surface area contributed by atoms with Crippen LogP contribution in [0.3, 0.4) is 0 Å². The number of anilines is 2. The number of piperidine rings is 1. The molecule has 420 valence electrons. The molecule has 4 aliphatic rings. The summed E-state index contributed by atoms with van der Waals surface area (Å²) in [4.78, 5) is 43.8. The maximum Gasteiger partial charge on any atom is 0.312 e. The van der Waals surface area contributed by atoms with Crippen molar-refractivity contribution < 1.29 is 46.2 Å². The summed E-state index contributed by atoms with van der Waals surface area (Å²) in [7, 11) is -3.29. The van der Waals surface area contributed by atoms with Gasteiger partial charge in [-0.25, -0.2) is 26.9 Å². The lowest BCUT2D eigenvalue weighted by atomic mass is 9.59. The number of carbonyl (C=O) groups is 1. The summed E-state index contributed by atoms with van der Waals surface area (Å²) >= 11 is 0. The molecule has 18 nitrogen and oxygen atoms in total. The van der Waals surface area contributed by atoms with E-state index >= 15 is 4.39 Å². The number of benzene rings is 3. The first-order valence-electron chi connectivity index (χ1n) is 27.3. The van der Waals surface area contributed by atoms with Crippen molar-refractivity contribution >= 4 is 44.2 Å². The van der Waals surface area contributed by atoms with Crippen LogP contribution in [0, 0.1) is 33.1 Å². The van der Waals surface area contributed by atoms with Crippen molar-refractivity contribution in [2.24, 2.45) is 11.3 Å². The van der Waals surface area contributed by atoms with Gasteiger partial charge < -0.3 is 34.5 Å². The molecule has 1 amide bonds. The molecule has 21 heteroatoms. The number of carbonyl (C=O) groups excluding carboxylic acids is 1. The van der Waals surface area contributed by atoms with E-state index in [0.717, 1.165) is 69.3 Å². The molecule has 10 rings (SSSR count). The number of nitrogens with one attached hydrogen (secondary N) is 3. The number of rotatable bonds is 18. The summed E-state index contributed by atoms with van der Waals surface area (Å²) in [5.41, 5.74) is 3.07. The average Bonchev–Trinajstić information content (AvgIpc) is 3.80. The Labute approximate surface area is 459 Å². The minimum Gasteiger partial charge on any atom is -0.494 e. The fourth-order valence-corrected chi connectivity index (χ4v) is 13.1. The molecule has 0 radical (unpaired) electrons. The summed E-state index contributed by atoms with van der Waals surface area (Å²) in [6.07, 6.45) is 8.59. The molecule has 5 heterocycles. The number of aliphatic hydroxyl groups is 1. The number of hydrogen-bond acceptors (Lipinski definition) is 15. The molecular weight excluding hydrogens is 1040 g/mol. The van der Waals surface area contributed by atoms with E-state index < -0.39 is 42.9 Å². The van der Waals surface area contributed by atoms with Crippen LogP contribution in [0.15, 0.2) is 90.1 Å². The second-order valence-electron chi connectivity index (χ2n) is 22.4. The third-order valence-electron chi connectivity index (χ3n) is 16.7. The lowest BCUT2D eigenvalue weighted by Crippen LogP contribution is -2.60. The predicted molar refractivity (Wildman–Crippen MR) is 295 cm³/mol. The normalized spacial score (nSPS) is 21.0. The van der Waals surface area contributed by atoms with Crippen molar-refractivity contribution in [3.63, 3.8) is 0 Å². The molecule has 0 bridgehead atoms. The SMILES string of the molecule is CCOc1nc2[nH]cc(F)c2cc1Oc1cc(N2CCC3(CC2)CC(N2CCN(Cc4ccc(OC)c(F)c4)C[C@H]2c2ccccc2C(C)C)C3)ccc1C(=O)NS(=O)(=O)c1cnc(NCC2CCC(C)(O)CC2)c([N+](=O)[O-])c1. The number of halogens is 2. The van der Waals surface area contributed by atoms with Gasteiger partial charge >= 0.3 is 5.69 Å². The molecule has 2 aliphatic heterocycles. The number of ether oxygens (including phenoxy) is 3. The van der Waals surface area contributed by atoms with Crippen LogP contribution in [0.25, 0.3) is 11.0 Å². The summed E-state index contributed by atoms with van der Waals surface area (Å²) in [6.45, 7) is 13.1. The number of piperazine rings is 1. The van der Waals surface area contributed by atoms with E-state index in [4.69, 9.17) is 14.2 Å². The zero-order chi connectivity index (χ0) is 55.8. The smallest absolute Gasteiger partial charge is 0.312 e. The monoisotopic (exact) mass is 1110 g/mol. The Bertz CT molecular complexity index is 3330. The molecule has 4 N–H and O–H groups in total. The van der Waals surface area contributed by atoms with Crippen molar-refractivity contribution in [3.8, 4) is 23.1 Å². The Hall–Kier alpha value is -6.94. The quantitative estimate of drug-likeness (QED) is 0.0465. The lowest BCUT2D eigenvalue weighted by Gasteiger charge is -2.58. The van der Waals surface area contributed by atoms with E-state index in [1.54, 1.807) is 38.1 Å². The van der Waals surface area contributed by atoms with Crippen molar-refractivity contribution in [2.45, 2.75) is 114 Å². The van der Waals surface area contributed by atoms with Crippen molar-refractivity contribution in [3.05, 3.63) is 129 Å². The Morgan fingerprint density at radius 3 is 2.43 bits per heavy atom. The fourth-order valence-electron chi connectivity index (χ4n) is 12.2. The molecule has 3 aromatic heterocycles. The molecule has 2 saturated heterocycles. The highest BCUT2D eigenvalue weighted by molar-refractivity contribution is 7.90. The lowest BCUT2D eigenvalue weighted by molar-refractivity contribution is -0.384. The van der Waals surface area contributed by atoms with E-state index in [1.165, 1.54) is 30.4 Å². The first-order chi connectivity index (χ1) is 37.8. The fraction of sp³-hybridized carbons (Fsp3) is 0.466.